The number of nitrogens with zero attached hydrogens (tertiary/aromatic N) is 1. The molecule has 0 heterocycles. The molecule has 0 fully saturated rings. The molecule has 0 atom stereocenters. The Bertz CT molecular complexity index is 410. The van der Waals surface area contributed by atoms with Crippen molar-refractivity contribution in [3.63, 3.8) is 0 Å². The minimum atomic E-state index is 0.00260. The molecule has 0 unspecified atom stereocenters. The second-order valence-electron chi connectivity index (χ2n) is 4.61. The average molecular weight is 279 g/mol. The summed E-state index contributed by atoms with van der Waals surface area (Å²) in [6.45, 7) is 5.23. The highest BCUT2D eigenvalue weighted by Gasteiger charge is 2.10. The Kier molecular flexibility index (Phi) is 7.69. The van der Waals surface area contributed by atoms with Gasteiger partial charge in [-0.1, -0.05) is 25.1 Å². The summed E-state index contributed by atoms with van der Waals surface area (Å²) in [5.74, 6) is 0.00260. The zero-order valence-corrected chi connectivity index (χ0v) is 12.6. The smallest absolute Gasteiger partial charge is 0.239 e. The normalized spacial score (nSPS) is 10.3. The maximum Gasteiger partial charge on any atom is 0.239 e. The van der Waals surface area contributed by atoms with Gasteiger partial charge >= 0.3 is 0 Å². The Labute approximate surface area is 121 Å². The molecule has 2 N–H and O–H groups in total. The highest BCUT2D eigenvalue weighted by atomic mass is 16.5. The molecule has 5 nitrogen and oxygen atoms in total. The van der Waals surface area contributed by atoms with Crippen LogP contribution in [0.2, 0.25) is 0 Å². The molecule has 0 aliphatic heterocycles. The first-order valence-electron chi connectivity index (χ1n) is 6.94. The van der Waals surface area contributed by atoms with Gasteiger partial charge < -0.3 is 20.3 Å². The molecule has 1 aromatic rings. The van der Waals surface area contributed by atoms with Crippen LogP contribution in [0.1, 0.15) is 12.5 Å². The summed E-state index contributed by atoms with van der Waals surface area (Å²) >= 11 is 0. The Balaban J connectivity index is 2.57. The molecule has 0 bridgehead atoms. The van der Waals surface area contributed by atoms with Gasteiger partial charge in [0.25, 0.3) is 0 Å². The number of carbonyl (C=O) groups excluding carboxylic acids is 1. The van der Waals surface area contributed by atoms with Crippen LogP contribution < -0.4 is 15.5 Å². The predicted molar refractivity (Wildman–Crippen MR) is 82.0 cm³/mol. The van der Waals surface area contributed by atoms with Crippen molar-refractivity contribution in [1.29, 1.82) is 0 Å². The number of ether oxygens (including phenoxy) is 1. The fourth-order valence-electron chi connectivity index (χ4n) is 1.94. The van der Waals surface area contributed by atoms with Crippen molar-refractivity contribution in [3.8, 4) is 0 Å². The quantitative estimate of drug-likeness (QED) is 0.662. The van der Waals surface area contributed by atoms with Crippen LogP contribution in [-0.2, 0) is 16.1 Å². The summed E-state index contributed by atoms with van der Waals surface area (Å²) < 4.78 is 4.91. The molecule has 112 valence electrons. The van der Waals surface area contributed by atoms with Crippen molar-refractivity contribution in [3.05, 3.63) is 29.8 Å². The monoisotopic (exact) mass is 279 g/mol. The van der Waals surface area contributed by atoms with E-state index >= 15 is 0 Å². The number of amides is 1. The standard InChI is InChI=1S/C15H25N3O2/c1-4-16-11-13-7-5-6-8-14(13)18(2)12-15(19)17-9-10-20-3/h5-8,16H,4,9-12H2,1-3H3,(H,17,19). The van der Waals surface area contributed by atoms with Gasteiger partial charge in [-0.05, 0) is 18.2 Å². The molecule has 1 rings (SSSR count). The van der Waals surface area contributed by atoms with E-state index in [-0.39, 0.29) is 5.91 Å². The molecule has 0 saturated heterocycles. The van der Waals surface area contributed by atoms with E-state index in [1.807, 2.05) is 30.1 Å². The zero-order chi connectivity index (χ0) is 14.8. The second-order valence-corrected chi connectivity index (χ2v) is 4.61. The van der Waals surface area contributed by atoms with Crippen LogP contribution in [0.25, 0.3) is 0 Å². The van der Waals surface area contributed by atoms with Crippen LogP contribution in [0.3, 0.4) is 0 Å². The molecule has 1 aromatic carbocycles. The van der Waals surface area contributed by atoms with Crippen molar-refractivity contribution in [2.24, 2.45) is 0 Å². The van der Waals surface area contributed by atoms with Gasteiger partial charge in [-0.15, -0.1) is 0 Å². The Morgan fingerprint density at radius 1 is 1.35 bits per heavy atom. The number of benzene rings is 1. The van der Waals surface area contributed by atoms with Crippen molar-refractivity contribution < 1.29 is 9.53 Å². The lowest BCUT2D eigenvalue weighted by Gasteiger charge is -2.22. The number of nitrogens with one attached hydrogen (secondary N) is 2. The molecule has 1 amide bonds. The SMILES string of the molecule is CCNCc1ccccc1N(C)CC(=O)NCCOC. The van der Waals surface area contributed by atoms with Gasteiger partial charge in [-0.3, -0.25) is 4.79 Å². The number of hydrogen-bond acceptors (Lipinski definition) is 4. The van der Waals surface area contributed by atoms with Crippen LogP contribution >= 0.6 is 0 Å². The third-order valence-electron chi connectivity index (χ3n) is 2.98. The summed E-state index contributed by atoms with van der Waals surface area (Å²) in [6.07, 6.45) is 0. The molecular weight excluding hydrogens is 254 g/mol. The summed E-state index contributed by atoms with van der Waals surface area (Å²) in [7, 11) is 3.55. The number of methoxy groups -OCH3 is 1. The lowest BCUT2D eigenvalue weighted by molar-refractivity contribution is -0.119. The maximum atomic E-state index is 11.8. The van der Waals surface area contributed by atoms with Gasteiger partial charge in [-0.25, -0.2) is 0 Å². The van der Waals surface area contributed by atoms with Crippen molar-refractivity contribution >= 4 is 11.6 Å². The Morgan fingerprint density at radius 2 is 2.10 bits per heavy atom. The van der Waals surface area contributed by atoms with Gasteiger partial charge in [0.2, 0.25) is 5.91 Å². The van der Waals surface area contributed by atoms with Crippen molar-refractivity contribution in [2.75, 3.05) is 45.3 Å². The largest absolute Gasteiger partial charge is 0.383 e. The molecule has 20 heavy (non-hydrogen) atoms. The lowest BCUT2D eigenvalue weighted by Crippen LogP contribution is -2.37. The number of likely N-dealkylation sites (N-methyl/N-ethyl adjacent to an activating group) is 1. The highest BCUT2D eigenvalue weighted by Crippen LogP contribution is 2.18. The van der Waals surface area contributed by atoms with Gasteiger partial charge in [0, 0.05) is 32.9 Å². The van der Waals surface area contributed by atoms with Crippen LogP contribution in [0.15, 0.2) is 24.3 Å². The minimum absolute atomic E-state index is 0.00260. The first-order chi connectivity index (χ1) is 9.69. The zero-order valence-electron chi connectivity index (χ0n) is 12.6. The summed E-state index contributed by atoms with van der Waals surface area (Å²) in [5.41, 5.74) is 2.27. The Hall–Kier alpha value is -1.59. The minimum Gasteiger partial charge on any atom is -0.383 e. The third-order valence-corrected chi connectivity index (χ3v) is 2.98. The summed E-state index contributed by atoms with van der Waals surface area (Å²) in [6, 6.07) is 8.12. The molecule has 0 spiro atoms. The predicted octanol–water partition coefficient (Wildman–Crippen LogP) is 0.995. The van der Waals surface area contributed by atoms with E-state index in [2.05, 4.69) is 23.6 Å². The number of para-hydroxylation sites is 1. The van der Waals surface area contributed by atoms with E-state index in [0.717, 1.165) is 18.8 Å². The molecule has 0 aliphatic rings. The number of carbonyl (C=O) groups is 1. The highest BCUT2D eigenvalue weighted by molar-refractivity contribution is 5.81. The number of anilines is 1. The summed E-state index contributed by atoms with van der Waals surface area (Å²) in [5, 5.41) is 6.14. The summed E-state index contributed by atoms with van der Waals surface area (Å²) in [4.78, 5) is 13.8. The Morgan fingerprint density at radius 3 is 2.80 bits per heavy atom. The fraction of sp³-hybridized carbons (Fsp3) is 0.533. The molecular formula is C15H25N3O2. The van der Waals surface area contributed by atoms with E-state index in [1.165, 1.54) is 5.56 Å². The lowest BCUT2D eigenvalue weighted by atomic mass is 10.1. The van der Waals surface area contributed by atoms with Gasteiger partial charge in [0.15, 0.2) is 0 Å². The van der Waals surface area contributed by atoms with Gasteiger partial charge in [0.1, 0.15) is 0 Å². The van der Waals surface area contributed by atoms with Crippen LogP contribution in [0.5, 0.6) is 0 Å². The number of rotatable bonds is 9. The van der Waals surface area contributed by atoms with Crippen molar-refractivity contribution in [2.45, 2.75) is 13.5 Å². The third kappa shape index (κ3) is 5.59. The van der Waals surface area contributed by atoms with Crippen molar-refractivity contribution in [1.82, 2.24) is 10.6 Å². The van der Waals surface area contributed by atoms with E-state index in [4.69, 9.17) is 4.74 Å². The molecule has 0 radical (unpaired) electrons. The van der Waals surface area contributed by atoms with Crippen LogP contribution in [0, 0.1) is 0 Å². The number of hydrogen-bond donors (Lipinski definition) is 2. The van der Waals surface area contributed by atoms with Gasteiger partial charge in [-0.2, -0.15) is 0 Å². The second kappa shape index (κ2) is 9.34. The van der Waals surface area contributed by atoms with Gasteiger partial charge in [0.05, 0.1) is 13.2 Å². The van der Waals surface area contributed by atoms with E-state index in [9.17, 15) is 4.79 Å². The fourth-order valence-corrected chi connectivity index (χ4v) is 1.94. The van der Waals surface area contributed by atoms with E-state index in [0.29, 0.717) is 19.7 Å². The molecule has 0 aliphatic carbocycles. The van der Waals surface area contributed by atoms with E-state index < -0.39 is 0 Å². The van der Waals surface area contributed by atoms with Crippen LogP contribution in [-0.4, -0.2) is 46.3 Å². The first-order valence-corrected chi connectivity index (χ1v) is 6.94. The average Bonchev–Trinajstić information content (AvgIpc) is 2.45. The molecule has 5 heteroatoms. The molecule has 0 saturated carbocycles. The van der Waals surface area contributed by atoms with Crippen LogP contribution in [0.4, 0.5) is 5.69 Å². The molecule has 0 aromatic heterocycles. The first kappa shape index (κ1) is 16.5. The maximum absolute atomic E-state index is 11.8. The van der Waals surface area contributed by atoms with E-state index in [1.54, 1.807) is 7.11 Å². The topological polar surface area (TPSA) is 53.6 Å².